The molecule has 40 heavy (non-hydrogen) atoms. The predicted octanol–water partition coefficient (Wildman–Crippen LogP) is 4.69. The molecule has 0 spiro atoms. The van der Waals surface area contributed by atoms with Crippen LogP contribution in [0.2, 0.25) is 0 Å². The molecule has 0 aliphatic heterocycles. The molecule has 0 aliphatic rings. The van der Waals surface area contributed by atoms with Crippen LogP contribution in [0.4, 0.5) is 0 Å². The van der Waals surface area contributed by atoms with Crippen molar-refractivity contribution in [2.24, 2.45) is 0 Å². The maximum atomic E-state index is 13.2. The minimum Gasteiger partial charge on any atom is -0.497 e. The number of rotatable bonds is 11. The summed E-state index contributed by atoms with van der Waals surface area (Å²) in [5.41, 5.74) is 4.78. The first-order valence-electron chi connectivity index (χ1n) is 12.7. The summed E-state index contributed by atoms with van der Waals surface area (Å²) in [5.74, 6) is 5.30. The summed E-state index contributed by atoms with van der Waals surface area (Å²) in [7, 11) is -2.57. The van der Waals surface area contributed by atoms with Gasteiger partial charge in [0, 0.05) is 29.6 Å². The van der Waals surface area contributed by atoms with Gasteiger partial charge in [0.1, 0.15) is 24.1 Å². The third-order valence-corrected chi connectivity index (χ3v) is 8.36. The summed E-state index contributed by atoms with van der Waals surface area (Å²) in [6.07, 6.45) is -0.0539. The second kappa shape index (κ2) is 12.3. The first-order chi connectivity index (χ1) is 19.1. The minimum absolute atomic E-state index is 0.0539. The molecular formula is C31H32N2O6S. The number of aryl methyl sites for hydroxylation is 1. The van der Waals surface area contributed by atoms with Gasteiger partial charge in [0.15, 0.2) is 0 Å². The number of aliphatic carboxylic acids is 1. The van der Waals surface area contributed by atoms with Crippen LogP contribution in [0.3, 0.4) is 0 Å². The van der Waals surface area contributed by atoms with Crippen molar-refractivity contribution < 1.29 is 27.8 Å². The molecule has 8 nitrogen and oxygen atoms in total. The maximum absolute atomic E-state index is 13.2. The number of hydrogen-bond acceptors (Lipinski definition) is 5. The maximum Gasteiger partial charge on any atom is 0.322 e. The lowest BCUT2D eigenvalue weighted by Gasteiger charge is -2.16. The monoisotopic (exact) mass is 560 g/mol. The van der Waals surface area contributed by atoms with Gasteiger partial charge in [-0.25, -0.2) is 8.42 Å². The fourth-order valence-corrected chi connectivity index (χ4v) is 5.81. The van der Waals surface area contributed by atoms with E-state index in [1.807, 2.05) is 50.2 Å². The number of fused-ring (bicyclic) bond motifs is 1. The molecule has 4 rings (SSSR count). The van der Waals surface area contributed by atoms with E-state index in [-0.39, 0.29) is 17.9 Å². The number of nitrogens with one attached hydrogen (secondary N) is 1. The van der Waals surface area contributed by atoms with Gasteiger partial charge in [-0.1, -0.05) is 30.2 Å². The van der Waals surface area contributed by atoms with Gasteiger partial charge in [0.2, 0.25) is 10.0 Å². The molecule has 3 aromatic carbocycles. The molecule has 0 fully saturated rings. The SMILES string of the molecule is CC#CCOc1ccc(S(=O)(=O)NC(Cc2c(C)n(Cc3ccccc3C)c3ccc(OC)cc23)C(=O)O)cc1. The van der Waals surface area contributed by atoms with Crippen LogP contribution in [0, 0.1) is 25.7 Å². The number of carbonyl (C=O) groups is 1. The largest absolute Gasteiger partial charge is 0.497 e. The van der Waals surface area contributed by atoms with Crippen LogP contribution in [-0.4, -0.2) is 43.8 Å². The van der Waals surface area contributed by atoms with E-state index in [1.165, 1.54) is 24.3 Å². The number of sulfonamides is 1. The van der Waals surface area contributed by atoms with Crippen molar-refractivity contribution in [3.8, 4) is 23.3 Å². The molecule has 9 heteroatoms. The minimum atomic E-state index is -4.14. The molecule has 1 atom stereocenters. The lowest BCUT2D eigenvalue weighted by Crippen LogP contribution is -2.42. The number of methoxy groups -OCH3 is 1. The molecule has 1 aromatic heterocycles. The number of carboxylic acids is 1. The summed E-state index contributed by atoms with van der Waals surface area (Å²) in [6.45, 7) is 6.44. The molecular weight excluding hydrogens is 528 g/mol. The lowest BCUT2D eigenvalue weighted by atomic mass is 10.0. The summed E-state index contributed by atoms with van der Waals surface area (Å²) in [6, 6.07) is 18.1. The van der Waals surface area contributed by atoms with Crippen molar-refractivity contribution in [1.29, 1.82) is 0 Å². The number of benzene rings is 3. The van der Waals surface area contributed by atoms with Crippen molar-refractivity contribution in [3.63, 3.8) is 0 Å². The van der Waals surface area contributed by atoms with E-state index in [0.717, 1.165) is 33.3 Å². The van der Waals surface area contributed by atoms with Crippen LogP contribution >= 0.6 is 0 Å². The summed E-state index contributed by atoms with van der Waals surface area (Å²) in [4.78, 5) is 12.3. The number of aromatic nitrogens is 1. The van der Waals surface area contributed by atoms with Crippen molar-refractivity contribution in [2.45, 2.75) is 44.7 Å². The Hall–Kier alpha value is -4.26. The van der Waals surface area contributed by atoms with Crippen LogP contribution in [-0.2, 0) is 27.8 Å². The van der Waals surface area contributed by atoms with Gasteiger partial charge >= 0.3 is 5.97 Å². The molecule has 0 aliphatic carbocycles. The topological polar surface area (TPSA) is 107 Å². The van der Waals surface area contributed by atoms with E-state index in [4.69, 9.17) is 9.47 Å². The van der Waals surface area contributed by atoms with Crippen molar-refractivity contribution in [1.82, 2.24) is 9.29 Å². The fraction of sp³-hybridized carbons (Fsp3) is 0.258. The number of ether oxygens (including phenoxy) is 2. The molecule has 0 radical (unpaired) electrons. The van der Waals surface area contributed by atoms with Crippen molar-refractivity contribution in [3.05, 3.63) is 89.1 Å². The van der Waals surface area contributed by atoms with Crippen molar-refractivity contribution >= 4 is 26.9 Å². The van der Waals surface area contributed by atoms with Gasteiger partial charge in [-0.15, -0.1) is 5.92 Å². The van der Waals surface area contributed by atoms with E-state index >= 15 is 0 Å². The standard InChI is InChI=1S/C31H32N2O6S/c1-5-6-17-39-24-11-14-26(15-12-24)40(36,37)32-29(31(34)35)19-27-22(3)33(20-23-10-8-7-9-21(23)2)30-16-13-25(38-4)18-28(27)30/h7-16,18,29,32H,17,19-20H2,1-4H3,(H,34,35). The Morgan fingerprint density at radius 2 is 1.75 bits per heavy atom. The number of nitrogens with zero attached hydrogens (tertiary/aromatic N) is 1. The van der Waals surface area contributed by atoms with E-state index in [1.54, 1.807) is 14.0 Å². The lowest BCUT2D eigenvalue weighted by molar-refractivity contribution is -0.138. The third-order valence-electron chi connectivity index (χ3n) is 6.88. The van der Waals surface area contributed by atoms with Gasteiger partial charge in [0.25, 0.3) is 0 Å². The molecule has 0 amide bonds. The number of hydrogen-bond donors (Lipinski definition) is 2. The normalized spacial score (nSPS) is 12.0. The van der Waals surface area contributed by atoms with E-state index in [0.29, 0.717) is 18.0 Å². The molecule has 4 aromatic rings. The van der Waals surface area contributed by atoms with Gasteiger partial charge in [0.05, 0.1) is 12.0 Å². The molecule has 1 unspecified atom stereocenters. The van der Waals surface area contributed by atoms with Crippen LogP contribution in [0.5, 0.6) is 11.5 Å². The fourth-order valence-electron chi connectivity index (χ4n) is 4.62. The van der Waals surface area contributed by atoms with E-state index in [2.05, 4.69) is 27.2 Å². The van der Waals surface area contributed by atoms with Gasteiger partial charge in [-0.2, -0.15) is 4.72 Å². The summed E-state index contributed by atoms with van der Waals surface area (Å²) < 4.78 is 41.8. The second-order valence-corrected chi connectivity index (χ2v) is 11.1. The molecule has 0 bridgehead atoms. The molecule has 0 saturated carbocycles. The first kappa shape index (κ1) is 28.7. The zero-order valence-electron chi connectivity index (χ0n) is 22.9. The Bertz CT molecular complexity index is 1700. The molecule has 0 saturated heterocycles. The van der Waals surface area contributed by atoms with Crippen LogP contribution < -0.4 is 14.2 Å². The zero-order chi connectivity index (χ0) is 28.9. The third kappa shape index (κ3) is 6.30. The Morgan fingerprint density at radius 3 is 2.40 bits per heavy atom. The highest BCUT2D eigenvalue weighted by Crippen LogP contribution is 2.32. The molecule has 1 heterocycles. The average Bonchev–Trinajstić information content (AvgIpc) is 3.19. The number of carboxylic acid groups (broad SMARTS) is 1. The van der Waals surface area contributed by atoms with E-state index < -0.39 is 22.0 Å². The Balaban J connectivity index is 1.67. The van der Waals surface area contributed by atoms with Crippen LogP contribution in [0.25, 0.3) is 10.9 Å². The van der Waals surface area contributed by atoms with Gasteiger partial charge in [-0.3, -0.25) is 4.79 Å². The highest BCUT2D eigenvalue weighted by molar-refractivity contribution is 7.89. The molecule has 208 valence electrons. The predicted molar refractivity (Wildman–Crippen MR) is 154 cm³/mol. The van der Waals surface area contributed by atoms with E-state index in [9.17, 15) is 18.3 Å². The quantitative estimate of drug-likeness (QED) is 0.258. The Morgan fingerprint density at radius 1 is 1.05 bits per heavy atom. The van der Waals surface area contributed by atoms with Crippen LogP contribution in [0.1, 0.15) is 29.3 Å². The second-order valence-electron chi connectivity index (χ2n) is 9.36. The summed E-state index contributed by atoms with van der Waals surface area (Å²) in [5, 5.41) is 10.9. The highest BCUT2D eigenvalue weighted by Gasteiger charge is 2.28. The first-order valence-corrected chi connectivity index (χ1v) is 14.2. The molecule has 2 N–H and O–H groups in total. The van der Waals surface area contributed by atoms with Crippen LogP contribution in [0.15, 0.2) is 71.6 Å². The van der Waals surface area contributed by atoms with Gasteiger partial charge in [-0.05, 0) is 79.9 Å². The smallest absolute Gasteiger partial charge is 0.322 e. The van der Waals surface area contributed by atoms with Gasteiger partial charge < -0.3 is 19.1 Å². The Labute approximate surface area is 234 Å². The zero-order valence-corrected chi connectivity index (χ0v) is 23.7. The Kier molecular flexibility index (Phi) is 8.83. The van der Waals surface area contributed by atoms with Crippen molar-refractivity contribution in [2.75, 3.05) is 13.7 Å². The highest BCUT2D eigenvalue weighted by atomic mass is 32.2. The summed E-state index contributed by atoms with van der Waals surface area (Å²) >= 11 is 0. The average molecular weight is 561 g/mol.